The van der Waals surface area contributed by atoms with E-state index in [1.165, 1.54) is 0 Å². The largest absolute Gasteiger partial charge is 0.366 e. The lowest BCUT2D eigenvalue weighted by Gasteiger charge is -2.03. The van der Waals surface area contributed by atoms with Crippen LogP contribution in [0, 0.1) is 0 Å². The molecule has 1 heterocycles. The van der Waals surface area contributed by atoms with Crippen molar-refractivity contribution in [3.63, 3.8) is 0 Å². The third kappa shape index (κ3) is 2.32. The summed E-state index contributed by atoms with van der Waals surface area (Å²) in [6, 6.07) is 3.24. The summed E-state index contributed by atoms with van der Waals surface area (Å²) in [4.78, 5) is 14.9. The number of rotatable bonds is 3. The van der Waals surface area contributed by atoms with Crippen LogP contribution in [-0.2, 0) is 11.8 Å². The number of carbonyl (C=O) groups excluding carboxylic acids is 1. The second-order valence-corrected chi connectivity index (χ2v) is 2.96. The van der Waals surface area contributed by atoms with Crippen molar-refractivity contribution in [3.05, 3.63) is 29.1 Å². The number of amides is 1. The van der Waals surface area contributed by atoms with Crippen molar-refractivity contribution >= 4 is 29.1 Å². The Morgan fingerprint density at radius 2 is 2.08 bits per heavy atom. The quantitative estimate of drug-likeness (QED) is 0.786. The molecule has 2 N–H and O–H groups in total. The molecule has 70 valence electrons. The summed E-state index contributed by atoms with van der Waals surface area (Å²) in [6.45, 7) is 0. The number of hydrogen-bond acceptors (Lipinski definition) is 2. The van der Waals surface area contributed by atoms with Gasteiger partial charge in [-0.2, -0.15) is 0 Å². The molecule has 0 saturated heterocycles. The van der Waals surface area contributed by atoms with E-state index in [0.29, 0.717) is 22.8 Å². The normalized spacial score (nSPS) is 10.0. The number of pyridine rings is 1. The summed E-state index contributed by atoms with van der Waals surface area (Å²) in [5, 5.41) is 0. The fourth-order valence-electron chi connectivity index (χ4n) is 0.947. The molecule has 0 saturated carbocycles. The Morgan fingerprint density at radius 1 is 1.38 bits per heavy atom. The van der Waals surface area contributed by atoms with Gasteiger partial charge < -0.3 is 5.73 Å². The maximum atomic E-state index is 10.9. The molecule has 1 rings (SSSR count). The van der Waals surface area contributed by atoms with Crippen molar-refractivity contribution in [2.75, 3.05) is 0 Å². The SMILES string of the molecule is NC(=O)c1ccc(CCl)nc1CCl. The topological polar surface area (TPSA) is 56.0 Å². The van der Waals surface area contributed by atoms with Crippen LogP contribution < -0.4 is 5.73 Å². The molecular formula is C8H8Cl2N2O. The lowest BCUT2D eigenvalue weighted by Crippen LogP contribution is -2.14. The molecule has 1 amide bonds. The molecule has 0 spiro atoms. The van der Waals surface area contributed by atoms with E-state index in [1.807, 2.05) is 0 Å². The molecule has 5 heteroatoms. The van der Waals surface area contributed by atoms with Crippen molar-refractivity contribution in [3.8, 4) is 0 Å². The van der Waals surface area contributed by atoms with Gasteiger partial charge in [0.15, 0.2) is 0 Å². The zero-order valence-corrected chi connectivity index (χ0v) is 8.27. The Labute approximate surface area is 85.9 Å². The van der Waals surface area contributed by atoms with Crippen LogP contribution >= 0.6 is 23.2 Å². The molecular weight excluding hydrogens is 211 g/mol. The molecule has 0 unspecified atom stereocenters. The van der Waals surface area contributed by atoms with Gasteiger partial charge in [0.25, 0.3) is 5.91 Å². The van der Waals surface area contributed by atoms with Gasteiger partial charge in [0.2, 0.25) is 0 Å². The summed E-state index contributed by atoms with van der Waals surface area (Å²) in [5.74, 6) is -0.0735. The first kappa shape index (κ1) is 10.3. The van der Waals surface area contributed by atoms with Crippen LogP contribution in [0.2, 0.25) is 0 Å². The fraction of sp³-hybridized carbons (Fsp3) is 0.250. The molecule has 0 aliphatic carbocycles. The predicted molar refractivity (Wildman–Crippen MR) is 51.9 cm³/mol. The lowest BCUT2D eigenvalue weighted by molar-refractivity contribution is 0.0999. The minimum atomic E-state index is -0.524. The van der Waals surface area contributed by atoms with Gasteiger partial charge in [-0.05, 0) is 12.1 Å². The van der Waals surface area contributed by atoms with Crippen LogP contribution in [0.1, 0.15) is 21.7 Å². The molecule has 1 aromatic heterocycles. The molecule has 13 heavy (non-hydrogen) atoms. The molecule has 0 aliphatic heterocycles. The minimum absolute atomic E-state index is 0.156. The number of halogens is 2. The molecule has 0 fully saturated rings. The third-order valence-corrected chi connectivity index (χ3v) is 2.09. The van der Waals surface area contributed by atoms with Crippen LogP contribution in [0.3, 0.4) is 0 Å². The van der Waals surface area contributed by atoms with E-state index in [2.05, 4.69) is 4.98 Å². The second kappa shape index (κ2) is 4.44. The highest BCUT2D eigenvalue weighted by atomic mass is 35.5. The van der Waals surface area contributed by atoms with E-state index >= 15 is 0 Å². The first-order valence-corrected chi connectivity index (χ1v) is 4.66. The molecule has 0 aromatic carbocycles. The van der Waals surface area contributed by atoms with Gasteiger partial charge in [-0.3, -0.25) is 9.78 Å². The van der Waals surface area contributed by atoms with Crippen molar-refractivity contribution in [2.24, 2.45) is 5.73 Å². The van der Waals surface area contributed by atoms with E-state index in [-0.39, 0.29) is 5.88 Å². The highest BCUT2D eigenvalue weighted by Gasteiger charge is 2.08. The van der Waals surface area contributed by atoms with E-state index in [9.17, 15) is 4.79 Å². The molecule has 0 aliphatic rings. The fourth-order valence-corrected chi connectivity index (χ4v) is 1.30. The van der Waals surface area contributed by atoms with Crippen molar-refractivity contribution < 1.29 is 4.79 Å². The van der Waals surface area contributed by atoms with Gasteiger partial charge in [0, 0.05) is 0 Å². The number of primary amides is 1. The Bertz CT molecular complexity index is 328. The average Bonchev–Trinajstić information content (AvgIpc) is 2.16. The number of carbonyl (C=O) groups is 1. The van der Waals surface area contributed by atoms with Gasteiger partial charge >= 0.3 is 0 Å². The summed E-state index contributed by atoms with van der Waals surface area (Å²) in [6.07, 6.45) is 0. The monoisotopic (exact) mass is 218 g/mol. The Morgan fingerprint density at radius 3 is 2.54 bits per heavy atom. The zero-order chi connectivity index (χ0) is 9.84. The second-order valence-electron chi connectivity index (χ2n) is 2.43. The molecule has 0 radical (unpaired) electrons. The van der Waals surface area contributed by atoms with Crippen LogP contribution in [0.4, 0.5) is 0 Å². The number of aromatic nitrogens is 1. The highest BCUT2D eigenvalue weighted by molar-refractivity contribution is 6.18. The number of hydrogen-bond donors (Lipinski definition) is 1. The molecule has 0 bridgehead atoms. The lowest BCUT2D eigenvalue weighted by atomic mass is 10.2. The van der Waals surface area contributed by atoms with Crippen LogP contribution in [0.5, 0.6) is 0 Å². The van der Waals surface area contributed by atoms with Crippen molar-refractivity contribution in [1.82, 2.24) is 4.98 Å². The maximum Gasteiger partial charge on any atom is 0.250 e. The van der Waals surface area contributed by atoms with Gasteiger partial charge in [-0.1, -0.05) is 0 Å². The summed E-state index contributed by atoms with van der Waals surface area (Å²) < 4.78 is 0. The van der Waals surface area contributed by atoms with Crippen LogP contribution in [0.25, 0.3) is 0 Å². The number of nitrogens with two attached hydrogens (primary N) is 1. The predicted octanol–water partition coefficient (Wildman–Crippen LogP) is 1.66. The number of nitrogens with zero attached hydrogens (tertiary/aromatic N) is 1. The Balaban J connectivity index is 3.15. The average molecular weight is 219 g/mol. The Hall–Kier alpha value is -0.800. The van der Waals surface area contributed by atoms with Crippen LogP contribution in [0.15, 0.2) is 12.1 Å². The molecule has 0 atom stereocenters. The number of alkyl halides is 2. The van der Waals surface area contributed by atoms with Gasteiger partial charge in [0.05, 0.1) is 28.7 Å². The van der Waals surface area contributed by atoms with E-state index < -0.39 is 5.91 Å². The van der Waals surface area contributed by atoms with Crippen molar-refractivity contribution in [2.45, 2.75) is 11.8 Å². The third-order valence-electron chi connectivity index (χ3n) is 1.56. The maximum absolute atomic E-state index is 10.9. The van der Waals surface area contributed by atoms with Crippen molar-refractivity contribution in [1.29, 1.82) is 0 Å². The smallest absolute Gasteiger partial charge is 0.250 e. The summed E-state index contributed by atoms with van der Waals surface area (Å²) >= 11 is 11.2. The van der Waals surface area contributed by atoms with E-state index in [1.54, 1.807) is 12.1 Å². The van der Waals surface area contributed by atoms with Gasteiger partial charge in [-0.25, -0.2) is 0 Å². The minimum Gasteiger partial charge on any atom is -0.366 e. The first-order chi connectivity index (χ1) is 6.19. The summed E-state index contributed by atoms with van der Waals surface area (Å²) in [5.41, 5.74) is 6.62. The van der Waals surface area contributed by atoms with E-state index in [4.69, 9.17) is 28.9 Å². The molecule has 1 aromatic rings. The van der Waals surface area contributed by atoms with Gasteiger partial charge in [-0.15, -0.1) is 23.2 Å². The zero-order valence-electron chi connectivity index (χ0n) is 6.76. The first-order valence-electron chi connectivity index (χ1n) is 3.59. The Kier molecular flexibility index (Phi) is 3.51. The molecule has 3 nitrogen and oxygen atoms in total. The van der Waals surface area contributed by atoms with Gasteiger partial charge in [0.1, 0.15) is 0 Å². The highest BCUT2D eigenvalue weighted by Crippen LogP contribution is 2.11. The van der Waals surface area contributed by atoms with E-state index in [0.717, 1.165) is 0 Å². The standard InChI is InChI=1S/C8H8Cl2N2O/c9-3-5-1-2-6(8(11)13)7(4-10)12-5/h1-2H,3-4H2,(H2,11,13). The van der Waals surface area contributed by atoms with Crippen LogP contribution in [-0.4, -0.2) is 10.9 Å². The summed E-state index contributed by atoms with van der Waals surface area (Å²) in [7, 11) is 0.